The maximum atomic E-state index is 12.8. The summed E-state index contributed by atoms with van der Waals surface area (Å²) in [6, 6.07) is 4.41. The summed E-state index contributed by atoms with van der Waals surface area (Å²) in [6.45, 7) is -0.00843. The van der Waals surface area contributed by atoms with Crippen LogP contribution in [0.5, 0.6) is 0 Å². The normalized spacial score (nSPS) is 10.1. The van der Waals surface area contributed by atoms with Crippen molar-refractivity contribution in [3.05, 3.63) is 34.6 Å². The molecule has 0 amide bonds. The standard InChI is InChI=1S/C7H7ClFNO/c8-6-2-1-3-7(9)5(6)4-11-10/h1-3H,4,10H2. The highest BCUT2D eigenvalue weighted by atomic mass is 35.5. The molecule has 0 aliphatic heterocycles. The Morgan fingerprint density at radius 3 is 2.82 bits per heavy atom. The number of rotatable bonds is 2. The van der Waals surface area contributed by atoms with E-state index < -0.39 is 5.82 Å². The number of benzene rings is 1. The zero-order valence-corrected chi connectivity index (χ0v) is 6.44. The van der Waals surface area contributed by atoms with E-state index in [4.69, 9.17) is 17.5 Å². The first-order valence-electron chi connectivity index (χ1n) is 3.00. The summed E-state index contributed by atoms with van der Waals surface area (Å²) in [5.74, 6) is 4.37. The largest absolute Gasteiger partial charge is 0.300 e. The fourth-order valence-corrected chi connectivity index (χ4v) is 0.971. The molecule has 0 saturated heterocycles. The van der Waals surface area contributed by atoms with Gasteiger partial charge < -0.3 is 0 Å². The highest BCUT2D eigenvalue weighted by Crippen LogP contribution is 2.18. The second-order valence-corrected chi connectivity index (χ2v) is 2.42. The first-order valence-corrected chi connectivity index (χ1v) is 3.38. The second-order valence-electron chi connectivity index (χ2n) is 2.01. The molecule has 0 unspecified atom stereocenters. The molecule has 0 heterocycles. The maximum absolute atomic E-state index is 12.8. The predicted octanol–water partition coefficient (Wildman–Crippen LogP) is 1.87. The molecule has 0 aliphatic rings. The summed E-state index contributed by atoms with van der Waals surface area (Å²) in [4.78, 5) is 4.27. The van der Waals surface area contributed by atoms with Gasteiger partial charge in [-0.15, -0.1) is 0 Å². The van der Waals surface area contributed by atoms with E-state index in [1.54, 1.807) is 6.07 Å². The van der Waals surface area contributed by atoms with Gasteiger partial charge in [0, 0.05) is 10.6 Å². The molecule has 4 heteroatoms. The Bertz CT molecular complexity index is 234. The van der Waals surface area contributed by atoms with Gasteiger partial charge in [0.05, 0.1) is 6.61 Å². The van der Waals surface area contributed by atoms with Crippen LogP contribution >= 0.6 is 11.6 Å². The highest BCUT2D eigenvalue weighted by Gasteiger charge is 2.05. The minimum Gasteiger partial charge on any atom is -0.300 e. The molecule has 60 valence electrons. The fraction of sp³-hybridized carbons (Fsp3) is 0.143. The Morgan fingerprint density at radius 1 is 1.55 bits per heavy atom. The zero-order valence-electron chi connectivity index (χ0n) is 5.68. The lowest BCUT2D eigenvalue weighted by molar-refractivity contribution is 0.121. The smallest absolute Gasteiger partial charge is 0.130 e. The molecule has 0 atom stereocenters. The van der Waals surface area contributed by atoms with Crippen LogP contribution in [0.4, 0.5) is 4.39 Å². The van der Waals surface area contributed by atoms with Crippen molar-refractivity contribution in [3.63, 3.8) is 0 Å². The number of nitrogens with two attached hydrogens (primary N) is 1. The van der Waals surface area contributed by atoms with Gasteiger partial charge in [0.15, 0.2) is 0 Å². The van der Waals surface area contributed by atoms with Crippen LogP contribution in [-0.4, -0.2) is 0 Å². The number of hydrogen-bond acceptors (Lipinski definition) is 2. The lowest BCUT2D eigenvalue weighted by Gasteiger charge is -2.02. The van der Waals surface area contributed by atoms with Crippen molar-refractivity contribution in [2.75, 3.05) is 0 Å². The minimum absolute atomic E-state index is 0.00843. The topological polar surface area (TPSA) is 35.2 Å². The third-order valence-corrected chi connectivity index (χ3v) is 1.64. The summed E-state index contributed by atoms with van der Waals surface area (Å²) in [7, 11) is 0. The molecule has 0 fully saturated rings. The highest BCUT2D eigenvalue weighted by molar-refractivity contribution is 6.31. The van der Waals surface area contributed by atoms with Gasteiger partial charge in [0.1, 0.15) is 5.82 Å². The predicted molar refractivity (Wildman–Crippen MR) is 40.4 cm³/mol. The number of hydrogen-bond donors (Lipinski definition) is 1. The lowest BCUT2D eigenvalue weighted by atomic mass is 10.2. The van der Waals surface area contributed by atoms with E-state index in [0.29, 0.717) is 5.02 Å². The molecule has 2 N–H and O–H groups in total. The number of halogens is 2. The van der Waals surface area contributed by atoms with E-state index >= 15 is 0 Å². The van der Waals surface area contributed by atoms with Crippen LogP contribution in [0.1, 0.15) is 5.56 Å². The third-order valence-electron chi connectivity index (χ3n) is 1.29. The van der Waals surface area contributed by atoms with Gasteiger partial charge in [-0.3, -0.25) is 4.84 Å². The van der Waals surface area contributed by atoms with Gasteiger partial charge in [-0.25, -0.2) is 10.3 Å². The van der Waals surface area contributed by atoms with Gasteiger partial charge >= 0.3 is 0 Å². The summed E-state index contributed by atoms with van der Waals surface area (Å²) < 4.78 is 12.8. The first-order chi connectivity index (χ1) is 5.25. The fourth-order valence-electron chi connectivity index (χ4n) is 0.754. The van der Waals surface area contributed by atoms with E-state index in [0.717, 1.165) is 0 Å². The van der Waals surface area contributed by atoms with Crippen LogP contribution in [0.25, 0.3) is 0 Å². The van der Waals surface area contributed by atoms with E-state index in [-0.39, 0.29) is 12.2 Å². The van der Waals surface area contributed by atoms with Crippen LogP contribution < -0.4 is 5.90 Å². The van der Waals surface area contributed by atoms with E-state index in [1.807, 2.05) is 0 Å². The molecule has 0 radical (unpaired) electrons. The van der Waals surface area contributed by atoms with Gasteiger partial charge in [-0.2, -0.15) is 0 Å². The van der Waals surface area contributed by atoms with Gasteiger partial charge in [0.25, 0.3) is 0 Å². The molecule has 11 heavy (non-hydrogen) atoms. The molecule has 0 spiro atoms. The molecule has 0 saturated carbocycles. The van der Waals surface area contributed by atoms with Crippen LogP contribution in [0.15, 0.2) is 18.2 Å². The van der Waals surface area contributed by atoms with Gasteiger partial charge in [-0.1, -0.05) is 17.7 Å². The molecule has 1 rings (SSSR count). The lowest BCUT2D eigenvalue weighted by Crippen LogP contribution is -2.01. The molecular weight excluding hydrogens is 169 g/mol. The quantitative estimate of drug-likeness (QED) is 0.697. The Morgan fingerprint density at radius 2 is 2.27 bits per heavy atom. The molecule has 1 aromatic carbocycles. The Hall–Kier alpha value is -0.640. The van der Waals surface area contributed by atoms with Crippen molar-refractivity contribution in [1.29, 1.82) is 0 Å². The summed E-state index contributed by atoms with van der Waals surface area (Å²) in [5, 5.41) is 0.329. The Labute approximate surface area is 68.7 Å². The third kappa shape index (κ3) is 1.89. The van der Waals surface area contributed by atoms with Gasteiger partial charge in [-0.05, 0) is 12.1 Å². The molecule has 0 aromatic heterocycles. The van der Waals surface area contributed by atoms with Crippen molar-refractivity contribution >= 4 is 11.6 Å². The minimum atomic E-state index is -0.400. The van der Waals surface area contributed by atoms with Crippen molar-refractivity contribution in [2.45, 2.75) is 6.61 Å². The van der Waals surface area contributed by atoms with Crippen molar-refractivity contribution in [1.82, 2.24) is 0 Å². The summed E-state index contributed by atoms with van der Waals surface area (Å²) >= 11 is 5.63. The van der Waals surface area contributed by atoms with Crippen LogP contribution in [0.2, 0.25) is 5.02 Å². The SMILES string of the molecule is NOCc1c(F)cccc1Cl. The molecular formula is C7H7ClFNO. The molecule has 1 aromatic rings. The van der Waals surface area contributed by atoms with Crippen LogP contribution in [0, 0.1) is 5.82 Å². The zero-order chi connectivity index (χ0) is 8.27. The summed E-state index contributed by atoms with van der Waals surface area (Å²) in [5.41, 5.74) is 0.289. The van der Waals surface area contributed by atoms with E-state index in [1.165, 1.54) is 12.1 Å². The van der Waals surface area contributed by atoms with Crippen molar-refractivity contribution in [3.8, 4) is 0 Å². The Kier molecular flexibility index (Phi) is 2.82. The maximum Gasteiger partial charge on any atom is 0.130 e. The average Bonchev–Trinajstić information content (AvgIpc) is 1.97. The summed E-state index contributed by atoms with van der Waals surface area (Å²) in [6.07, 6.45) is 0. The van der Waals surface area contributed by atoms with E-state index in [2.05, 4.69) is 4.84 Å². The van der Waals surface area contributed by atoms with Gasteiger partial charge in [0.2, 0.25) is 0 Å². The second kappa shape index (κ2) is 3.67. The molecule has 0 aliphatic carbocycles. The van der Waals surface area contributed by atoms with Crippen molar-refractivity contribution in [2.24, 2.45) is 5.90 Å². The Balaban J connectivity index is 3.00. The van der Waals surface area contributed by atoms with Crippen LogP contribution in [0.3, 0.4) is 0 Å². The first kappa shape index (κ1) is 8.46. The van der Waals surface area contributed by atoms with E-state index in [9.17, 15) is 4.39 Å². The monoisotopic (exact) mass is 175 g/mol. The average molecular weight is 176 g/mol. The van der Waals surface area contributed by atoms with Crippen LogP contribution in [-0.2, 0) is 11.4 Å². The molecule has 0 bridgehead atoms. The van der Waals surface area contributed by atoms with Crippen molar-refractivity contribution < 1.29 is 9.23 Å². The molecule has 2 nitrogen and oxygen atoms in total.